The fraction of sp³-hybridized carbons (Fsp3) is 0.667. The number of aliphatic hydroxyl groups is 1. The van der Waals surface area contributed by atoms with Gasteiger partial charge in [-0.1, -0.05) is 0 Å². The number of hydrogen-bond donors (Lipinski definition) is 2. The maximum atomic E-state index is 10.8. The number of nitrogens with zero attached hydrogens (tertiary/aromatic N) is 2. The molecule has 2 heterocycles. The molecule has 1 aromatic rings. The van der Waals surface area contributed by atoms with Crippen LogP contribution in [0.25, 0.3) is 0 Å². The Morgan fingerprint density at radius 3 is 2.89 bits per heavy atom. The lowest BCUT2D eigenvalue weighted by atomic mass is 9.88. The quantitative estimate of drug-likeness (QED) is 0.873. The smallest absolute Gasteiger partial charge is 0.123 e. The van der Waals surface area contributed by atoms with Crippen LogP contribution in [0.1, 0.15) is 38.7 Å². The lowest BCUT2D eigenvalue weighted by Gasteiger charge is -2.28. The van der Waals surface area contributed by atoms with Crippen LogP contribution in [0.5, 0.6) is 0 Å². The summed E-state index contributed by atoms with van der Waals surface area (Å²) < 4.78 is 0. The highest BCUT2D eigenvalue weighted by Crippen LogP contribution is 2.27. The Kier molecular flexibility index (Phi) is 4.42. The van der Waals surface area contributed by atoms with Crippen molar-refractivity contribution < 1.29 is 5.11 Å². The monoisotopic (exact) mass is 263 g/mol. The Hall–Kier alpha value is -1.13. The van der Waals surface area contributed by atoms with Gasteiger partial charge in [-0.05, 0) is 57.4 Å². The molecule has 0 radical (unpaired) electrons. The van der Waals surface area contributed by atoms with Crippen LogP contribution in [-0.2, 0) is 6.42 Å². The summed E-state index contributed by atoms with van der Waals surface area (Å²) in [4.78, 5) is 6.44. The minimum atomic E-state index is -0.600. The van der Waals surface area contributed by atoms with Gasteiger partial charge in [-0.25, -0.2) is 4.98 Å². The van der Waals surface area contributed by atoms with Crippen molar-refractivity contribution in [2.24, 2.45) is 0 Å². The van der Waals surface area contributed by atoms with Gasteiger partial charge in [0, 0.05) is 25.2 Å². The summed E-state index contributed by atoms with van der Waals surface area (Å²) in [6.07, 6.45) is 5.12. The van der Waals surface area contributed by atoms with Crippen molar-refractivity contribution in [1.29, 1.82) is 0 Å². The van der Waals surface area contributed by atoms with Crippen LogP contribution in [0.3, 0.4) is 0 Å². The largest absolute Gasteiger partial charge is 0.389 e. The van der Waals surface area contributed by atoms with Crippen molar-refractivity contribution in [1.82, 2.24) is 9.88 Å². The van der Waals surface area contributed by atoms with E-state index < -0.39 is 5.60 Å². The molecule has 0 bridgehead atoms. The lowest BCUT2D eigenvalue weighted by molar-refractivity contribution is 0.0249. The molecule has 106 valence electrons. The molecule has 1 unspecified atom stereocenters. The molecule has 19 heavy (non-hydrogen) atoms. The summed E-state index contributed by atoms with van der Waals surface area (Å²) in [6.45, 7) is 6.48. The number of pyridine rings is 1. The van der Waals surface area contributed by atoms with E-state index in [0.29, 0.717) is 18.3 Å². The van der Waals surface area contributed by atoms with E-state index in [1.807, 2.05) is 12.1 Å². The molecular weight excluding hydrogens is 238 g/mol. The number of likely N-dealkylation sites (tertiary alicyclic amines) is 1. The summed E-state index contributed by atoms with van der Waals surface area (Å²) in [5, 5.41) is 10.8. The summed E-state index contributed by atoms with van der Waals surface area (Å²) in [7, 11) is 0. The highest BCUT2D eigenvalue weighted by molar-refractivity contribution is 5.32. The van der Waals surface area contributed by atoms with Gasteiger partial charge in [0.15, 0.2) is 0 Å². The van der Waals surface area contributed by atoms with E-state index in [1.165, 1.54) is 0 Å². The van der Waals surface area contributed by atoms with Gasteiger partial charge in [0.25, 0.3) is 0 Å². The van der Waals surface area contributed by atoms with Crippen molar-refractivity contribution >= 4 is 5.82 Å². The molecular formula is C15H25N3O. The van der Waals surface area contributed by atoms with E-state index in [-0.39, 0.29) is 0 Å². The van der Waals surface area contributed by atoms with Gasteiger partial charge < -0.3 is 15.7 Å². The molecule has 4 nitrogen and oxygen atoms in total. The van der Waals surface area contributed by atoms with Gasteiger partial charge in [0.1, 0.15) is 5.82 Å². The second-order valence-electron chi connectivity index (χ2n) is 5.97. The van der Waals surface area contributed by atoms with E-state index in [9.17, 15) is 5.11 Å². The van der Waals surface area contributed by atoms with Gasteiger partial charge in [0.2, 0.25) is 0 Å². The Labute approximate surface area is 115 Å². The predicted octanol–water partition coefficient (Wildman–Crippen LogP) is 1.83. The number of hydrogen-bond acceptors (Lipinski definition) is 4. The van der Waals surface area contributed by atoms with Crippen LogP contribution in [0, 0.1) is 0 Å². The first kappa shape index (κ1) is 14.3. The van der Waals surface area contributed by atoms with Crippen LogP contribution in [0.15, 0.2) is 18.3 Å². The molecule has 1 aromatic heterocycles. The predicted molar refractivity (Wildman–Crippen MR) is 77.9 cm³/mol. The van der Waals surface area contributed by atoms with Gasteiger partial charge >= 0.3 is 0 Å². The minimum absolute atomic E-state index is 0.526. The Morgan fingerprint density at radius 1 is 1.42 bits per heavy atom. The molecule has 1 fully saturated rings. The zero-order valence-corrected chi connectivity index (χ0v) is 12.0. The molecule has 1 aliphatic heterocycles. The molecule has 4 heteroatoms. The van der Waals surface area contributed by atoms with Crippen LogP contribution >= 0.6 is 0 Å². The van der Waals surface area contributed by atoms with Crippen LogP contribution in [0.4, 0.5) is 5.82 Å². The third-order valence-electron chi connectivity index (χ3n) is 4.06. The SMILES string of the molecule is CC(C)N1CCCC(O)(Cc2ccnc(N)c2)CC1. The standard InChI is InChI=1S/C15H25N3O/c1-12(2)18-8-3-5-15(19,6-9-18)11-13-4-7-17-14(16)10-13/h4,7,10,12,19H,3,5-6,8-9,11H2,1-2H3,(H2,16,17). The first-order chi connectivity index (χ1) is 8.98. The zero-order chi connectivity index (χ0) is 13.9. The van der Waals surface area contributed by atoms with Gasteiger partial charge in [0.05, 0.1) is 5.60 Å². The zero-order valence-electron chi connectivity index (χ0n) is 12.0. The summed E-state index contributed by atoms with van der Waals surface area (Å²) in [6, 6.07) is 4.36. The highest BCUT2D eigenvalue weighted by atomic mass is 16.3. The molecule has 1 aliphatic rings. The Balaban J connectivity index is 2.02. The van der Waals surface area contributed by atoms with E-state index in [4.69, 9.17) is 5.73 Å². The van der Waals surface area contributed by atoms with E-state index in [0.717, 1.165) is 37.9 Å². The van der Waals surface area contributed by atoms with Gasteiger partial charge in [-0.2, -0.15) is 0 Å². The average Bonchev–Trinajstić information content (AvgIpc) is 2.51. The number of anilines is 1. The van der Waals surface area contributed by atoms with Crippen LogP contribution in [0.2, 0.25) is 0 Å². The Morgan fingerprint density at radius 2 is 2.21 bits per heavy atom. The van der Waals surface area contributed by atoms with Gasteiger partial charge in [-0.3, -0.25) is 0 Å². The van der Waals surface area contributed by atoms with E-state index in [2.05, 4.69) is 23.7 Å². The highest BCUT2D eigenvalue weighted by Gasteiger charge is 2.30. The van der Waals surface area contributed by atoms with Crippen LogP contribution < -0.4 is 5.73 Å². The maximum Gasteiger partial charge on any atom is 0.123 e. The number of nitrogens with two attached hydrogens (primary N) is 1. The molecule has 3 N–H and O–H groups in total. The first-order valence-corrected chi connectivity index (χ1v) is 7.15. The molecule has 0 saturated carbocycles. The summed E-state index contributed by atoms with van der Waals surface area (Å²) in [5.41, 5.74) is 6.18. The third-order valence-corrected chi connectivity index (χ3v) is 4.06. The topological polar surface area (TPSA) is 62.4 Å². The van der Waals surface area contributed by atoms with Crippen molar-refractivity contribution in [3.8, 4) is 0 Å². The van der Waals surface area contributed by atoms with Crippen molar-refractivity contribution in [3.05, 3.63) is 23.9 Å². The van der Waals surface area contributed by atoms with E-state index in [1.54, 1.807) is 6.20 Å². The van der Waals surface area contributed by atoms with Crippen molar-refractivity contribution in [2.45, 2.75) is 51.2 Å². The fourth-order valence-electron chi connectivity index (χ4n) is 2.88. The second kappa shape index (κ2) is 5.88. The van der Waals surface area contributed by atoms with Gasteiger partial charge in [-0.15, -0.1) is 0 Å². The van der Waals surface area contributed by atoms with E-state index >= 15 is 0 Å². The summed E-state index contributed by atoms with van der Waals surface area (Å²) >= 11 is 0. The Bertz CT molecular complexity index is 422. The normalized spacial score (nSPS) is 25.5. The fourth-order valence-corrected chi connectivity index (χ4v) is 2.88. The minimum Gasteiger partial charge on any atom is -0.389 e. The molecule has 0 amide bonds. The lowest BCUT2D eigenvalue weighted by Crippen LogP contribution is -2.35. The molecule has 0 spiro atoms. The average molecular weight is 263 g/mol. The second-order valence-corrected chi connectivity index (χ2v) is 5.97. The first-order valence-electron chi connectivity index (χ1n) is 7.15. The maximum absolute atomic E-state index is 10.8. The molecule has 1 saturated heterocycles. The molecule has 0 aliphatic carbocycles. The number of nitrogen functional groups attached to an aromatic ring is 1. The molecule has 0 aromatic carbocycles. The molecule has 2 rings (SSSR count). The number of aromatic nitrogens is 1. The van der Waals surface area contributed by atoms with Crippen molar-refractivity contribution in [3.63, 3.8) is 0 Å². The third kappa shape index (κ3) is 3.91. The van der Waals surface area contributed by atoms with Crippen LogP contribution in [-0.4, -0.2) is 39.7 Å². The number of rotatable bonds is 3. The molecule has 1 atom stereocenters. The van der Waals surface area contributed by atoms with Crippen molar-refractivity contribution in [2.75, 3.05) is 18.8 Å². The summed E-state index contributed by atoms with van der Waals surface area (Å²) in [5.74, 6) is 0.526.